The molecular weight excluding hydrogens is 185 g/mol. The zero-order valence-corrected chi connectivity index (χ0v) is 6.47. The molecule has 0 saturated carbocycles. The second kappa shape index (κ2) is 3.66. The van der Waals surface area contributed by atoms with Crippen LogP contribution in [0, 0.1) is 0 Å². The molecule has 5 heteroatoms. The van der Waals surface area contributed by atoms with Gasteiger partial charge in [0.15, 0.2) is 0 Å². The Labute approximate surface area is 72.6 Å². The van der Waals surface area contributed by atoms with Gasteiger partial charge in [0.1, 0.15) is 12.4 Å². The third kappa shape index (κ3) is 3.33. The molecule has 1 rings (SSSR count). The molecule has 0 unspecified atom stereocenters. The third-order valence-electron chi connectivity index (χ3n) is 1.32. The summed E-state index contributed by atoms with van der Waals surface area (Å²) >= 11 is 0. The molecule has 0 N–H and O–H groups in total. The fraction of sp³-hybridized carbons (Fsp3) is 0.250. The van der Waals surface area contributed by atoms with Crippen LogP contribution >= 0.6 is 0 Å². The van der Waals surface area contributed by atoms with Crippen molar-refractivity contribution in [3.8, 4) is 5.75 Å². The number of ether oxygens (including phenoxy) is 1. The Morgan fingerprint density at radius 3 is 2.08 bits per heavy atom. The first kappa shape index (κ1) is 9.85. The number of hydrogen-bond acceptors (Lipinski definition) is 1. The number of hydrogen-bond donors (Lipinski definition) is 0. The van der Waals surface area contributed by atoms with Gasteiger partial charge in [0.2, 0.25) is 0 Å². The van der Waals surface area contributed by atoms with Crippen LogP contribution in [0.5, 0.6) is 5.75 Å². The van der Waals surface area contributed by atoms with Crippen molar-refractivity contribution in [2.75, 3.05) is 0 Å². The van der Waals surface area contributed by atoms with E-state index in [0.29, 0.717) is 5.56 Å². The summed E-state index contributed by atoms with van der Waals surface area (Å²) in [5, 5.41) is 10.3. The van der Waals surface area contributed by atoms with E-state index >= 15 is 0 Å². The van der Waals surface area contributed by atoms with E-state index in [1.807, 2.05) is 0 Å². The Morgan fingerprint density at radius 1 is 1.15 bits per heavy atom. The first-order valence-electron chi connectivity index (χ1n) is 3.44. The van der Waals surface area contributed by atoms with Crippen LogP contribution in [-0.2, 0) is 11.7 Å². The molecule has 0 bridgehead atoms. The Kier molecular flexibility index (Phi) is 2.77. The van der Waals surface area contributed by atoms with Crippen LogP contribution in [0.25, 0.3) is 0 Å². The highest BCUT2D eigenvalue weighted by Crippen LogP contribution is 2.22. The average molecular weight is 191 g/mol. The highest BCUT2D eigenvalue weighted by molar-refractivity contribution is 5.26. The number of halogens is 3. The molecule has 0 aliphatic heterocycles. The number of alkyl halides is 3. The van der Waals surface area contributed by atoms with Gasteiger partial charge < -0.3 is 4.74 Å². The minimum absolute atomic E-state index is 0.315. The molecule has 1 radical (unpaired) electrons. The van der Waals surface area contributed by atoms with Gasteiger partial charge in [0, 0.05) is 0 Å². The van der Waals surface area contributed by atoms with Crippen molar-refractivity contribution in [1.82, 2.24) is 0 Å². The quantitative estimate of drug-likeness (QED) is 0.706. The molecule has 0 atom stereocenters. The van der Waals surface area contributed by atoms with Crippen LogP contribution in [0.1, 0.15) is 5.56 Å². The largest absolute Gasteiger partial charge is 0.573 e. The summed E-state index contributed by atoms with van der Waals surface area (Å²) in [4.78, 5) is 0. The van der Waals surface area contributed by atoms with Crippen LogP contribution in [0.3, 0.4) is 0 Å². The lowest BCUT2D eigenvalue weighted by Crippen LogP contribution is -2.16. The lowest BCUT2D eigenvalue weighted by Gasteiger charge is -2.08. The van der Waals surface area contributed by atoms with Crippen LogP contribution in [0.2, 0.25) is 0 Å². The van der Waals surface area contributed by atoms with Crippen molar-refractivity contribution < 1.29 is 23.0 Å². The summed E-state index contributed by atoms with van der Waals surface area (Å²) < 4.78 is 38.5. The van der Waals surface area contributed by atoms with E-state index in [-0.39, 0.29) is 5.75 Å². The lowest BCUT2D eigenvalue weighted by molar-refractivity contribution is -0.274. The highest BCUT2D eigenvalue weighted by atomic mass is 19.4. The molecule has 13 heavy (non-hydrogen) atoms. The smallest absolute Gasteiger partial charge is 0.406 e. The van der Waals surface area contributed by atoms with E-state index in [9.17, 15) is 18.3 Å². The maximum absolute atomic E-state index is 11.6. The Hall–Kier alpha value is -1.23. The average Bonchev–Trinajstić information content (AvgIpc) is 2.03. The zero-order chi connectivity index (χ0) is 9.90. The molecule has 0 aliphatic carbocycles. The van der Waals surface area contributed by atoms with Crippen molar-refractivity contribution in [2.45, 2.75) is 13.0 Å². The predicted octanol–water partition coefficient (Wildman–Crippen LogP) is 2.52. The molecule has 0 amide bonds. The van der Waals surface area contributed by atoms with Crippen molar-refractivity contribution >= 4 is 0 Å². The summed E-state index contributed by atoms with van der Waals surface area (Å²) in [5.41, 5.74) is 0.425. The van der Waals surface area contributed by atoms with Gasteiger partial charge in [-0.3, -0.25) is 0 Å². The van der Waals surface area contributed by atoms with E-state index in [4.69, 9.17) is 0 Å². The molecule has 0 spiro atoms. The van der Waals surface area contributed by atoms with Crippen LogP contribution in [0.4, 0.5) is 13.2 Å². The van der Waals surface area contributed by atoms with Gasteiger partial charge in [0.05, 0.1) is 0 Å². The van der Waals surface area contributed by atoms with Crippen LogP contribution in [-0.4, -0.2) is 6.36 Å². The zero-order valence-electron chi connectivity index (χ0n) is 6.47. The van der Waals surface area contributed by atoms with Gasteiger partial charge >= 0.3 is 6.36 Å². The Morgan fingerprint density at radius 2 is 1.69 bits per heavy atom. The molecule has 1 aromatic carbocycles. The van der Waals surface area contributed by atoms with Crippen molar-refractivity contribution in [3.05, 3.63) is 29.8 Å². The fourth-order valence-corrected chi connectivity index (χ4v) is 0.787. The van der Waals surface area contributed by atoms with E-state index < -0.39 is 13.0 Å². The summed E-state index contributed by atoms with van der Waals surface area (Å²) in [6.45, 7) is -0.452. The molecule has 0 aromatic heterocycles. The normalized spacial score (nSPS) is 11.4. The second-order valence-electron chi connectivity index (χ2n) is 2.34. The Bertz CT molecular complexity index is 266. The minimum Gasteiger partial charge on any atom is -0.406 e. The molecule has 71 valence electrons. The van der Waals surface area contributed by atoms with Gasteiger partial charge in [-0.2, -0.15) is 0 Å². The van der Waals surface area contributed by atoms with Gasteiger partial charge in [-0.25, -0.2) is 5.11 Å². The summed E-state index contributed by atoms with van der Waals surface area (Å²) in [6.07, 6.45) is -4.68. The van der Waals surface area contributed by atoms with Gasteiger partial charge in [-0.1, -0.05) is 12.1 Å². The predicted molar refractivity (Wildman–Crippen MR) is 37.5 cm³/mol. The molecule has 0 aliphatic rings. The summed E-state index contributed by atoms with van der Waals surface area (Å²) in [7, 11) is 0. The first-order valence-corrected chi connectivity index (χ1v) is 3.44. The van der Waals surface area contributed by atoms with Crippen molar-refractivity contribution in [2.24, 2.45) is 0 Å². The monoisotopic (exact) mass is 191 g/mol. The van der Waals surface area contributed by atoms with Gasteiger partial charge in [-0.05, 0) is 17.7 Å². The van der Waals surface area contributed by atoms with Crippen LogP contribution < -0.4 is 4.74 Å². The second-order valence-corrected chi connectivity index (χ2v) is 2.34. The van der Waals surface area contributed by atoms with Crippen molar-refractivity contribution in [3.63, 3.8) is 0 Å². The fourth-order valence-electron chi connectivity index (χ4n) is 0.787. The standard InChI is InChI=1S/C8H6F3O2/c9-8(10,11)13-7-3-1-6(5-12)2-4-7/h1-4H,5H2. The van der Waals surface area contributed by atoms with Gasteiger partial charge in [-0.15, -0.1) is 13.2 Å². The molecule has 0 heterocycles. The molecule has 1 aromatic rings. The van der Waals surface area contributed by atoms with E-state index in [0.717, 1.165) is 12.1 Å². The van der Waals surface area contributed by atoms with Crippen molar-refractivity contribution in [1.29, 1.82) is 0 Å². The number of rotatable bonds is 2. The van der Waals surface area contributed by atoms with E-state index in [1.54, 1.807) is 0 Å². The third-order valence-corrected chi connectivity index (χ3v) is 1.32. The lowest BCUT2D eigenvalue weighted by atomic mass is 10.2. The van der Waals surface area contributed by atoms with Gasteiger partial charge in [0.25, 0.3) is 0 Å². The molecule has 2 nitrogen and oxygen atoms in total. The molecule has 0 fully saturated rings. The highest BCUT2D eigenvalue weighted by Gasteiger charge is 2.30. The number of benzene rings is 1. The Balaban J connectivity index is 2.70. The SMILES string of the molecule is [O]Cc1ccc(OC(F)(F)F)cc1. The first-order chi connectivity index (χ1) is 6.01. The van der Waals surface area contributed by atoms with Crippen LogP contribution in [0.15, 0.2) is 24.3 Å². The maximum Gasteiger partial charge on any atom is 0.573 e. The summed E-state index contributed by atoms with van der Waals surface area (Å²) in [6, 6.07) is 4.82. The van der Waals surface area contributed by atoms with E-state index in [1.165, 1.54) is 12.1 Å². The molecular formula is C8H6F3O2. The van der Waals surface area contributed by atoms with E-state index in [2.05, 4.69) is 4.74 Å². The summed E-state index contributed by atoms with van der Waals surface area (Å²) in [5.74, 6) is -0.315. The topological polar surface area (TPSA) is 29.1 Å². The maximum atomic E-state index is 11.6. The minimum atomic E-state index is -4.68. The molecule has 0 saturated heterocycles.